The quantitative estimate of drug-likeness (QED) is 0.333. The zero-order valence-electron chi connectivity index (χ0n) is 21.1. The molecule has 0 radical (unpaired) electrons. The minimum atomic E-state index is -1.02. The third-order valence-corrected chi connectivity index (χ3v) is 6.45. The number of hydrogen-bond acceptors (Lipinski definition) is 7. The molecule has 11 heteroatoms. The molecule has 4 rings (SSSR count). The number of allylic oxidation sites excluding steroid dienone is 1. The Morgan fingerprint density at radius 3 is 2.95 bits per heavy atom. The van der Waals surface area contributed by atoms with E-state index in [4.69, 9.17) is 4.74 Å². The highest BCUT2D eigenvalue weighted by molar-refractivity contribution is 6.01. The summed E-state index contributed by atoms with van der Waals surface area (Å²) in [5.74, 6) is -1.28. The van der Waals surface area contributed by atoms with E-state index in [0.717, 1.165) is 17.8 Å². The van der Waals surface area contributed by atoms with Gasteiger partial charge in [0.25, 0.3) is 0 Å². The van der Waals surface area contributed by atoms with E-state index in [-0.39, 0.29) is 24.3 Å². The number of rotatable bonds is 8. The molecule has 2 aliphatic heterocycles. The first-order valence-corrected chi connectivity index (χ1v) is 12.3. The van der Waals surface area contributed by atoms with Gasteiger partial charge in [-0.05, 0) is 13.3 Å². The van der Waals surface area contributed by atoms with E-state index in [1.165, 1.54) is 18.3 Å². The maximum Gasteiger partial charge on any atom is 0.236 e. The Morgan fingerprint density at radius 1 is 1.35 bits per heavy atom. The van der Waals surface area contributed by atoms with Crippen molar-refractivity contribution in [3.63, 3.8) is 0 Å². The molecule has 1 fully saturated rings. The molecule has 0 bridgehead atoms. The van der Waals surface area contributed by atoms with Crippen molar-refractivity contribution in [2.75, 3.05) is 51.3 Å². The lowest BCUT2D eigenvalue weighted by Gasteiger charge is -2.36. The van der Waals surface area contributed by atoms with Crippen LogP contribution in [0, 0.1) is 11.6 Å². The third-order valence-electron chi connectivity index (χ3n) is 6.45. The first-order chi connectivity index (χ1) is 17.9. The van der Waals surface area contributed by atoms with Crippen LogP contribution in [-0.4, -0.2) is 79.2 Å². The molecular formula is C26H31F2N7O2. The van der Waals surface area contributed by atoms with Gasteiger partial charge in [0.15, 0.2) is 23.2 Å². The first kappa shape index (κ1) is 26.3. The van der Waals surface area contributed by atoms with Gasteiger partial charge in [0.05, 0.1) is 24.9 Å². The van der Waals surface area contributed by atoms with E-state index in [1.807, 2.05) is 11.8 Å². The van der Waals surface area contributed by atoms with Crippen molar-refractivity contribution in [1.82, 2.24) is 20.2 Å². The van der Waals surface area contributed by atoms with Gasteiger partial charge in [-0.25, -0.2) is 19.4 Å². The summed E-state index contributed by atoms with van der Waals surface area (Å²) < 4.78 is 34.7. The number of nitrogens with one attached hydrogen (secondary N) is 1. The predicted octanol–water partition coefficient (Wildman–Crippen LogP) is 2.71. The van der Waals surface area contributed by atoms with Crippen LogP contribution in [0.15, 0.2) is 41.0 Å². The van der Waals surface area contributed by atoms with Gasteiger partial charge in [-0.1, -0.05) is 12.7 Å². The number of carbonyl (C=O) groups excluding carboxylic acids is 1. The van der Waals surface area contributed by atoms with Gasteiger partial charge in [0.1, 0.15) is 0 Å². The van der Waals surface area contributed by atoms with Crippen molar-refractivity contribution in [3.05, 3.63) is 59.7 Å². The lowest BCUT2D eigenvalue weighted by Crippen LogP contribution is -2.48. The average Bonchev–Trinajstić information content (AvgIpc) is 2.90. The van der Waals surface area contributed by atoms with Crippen LogP contribution in [0.1, 0.15) is 36.5 Å². The number of benzene rings is 1. The van der Waals surface area contributed by atoms with Crippen molar-refractivity contribution in [3.8, 4) is 5.75 Å². The van der Waals surface area contributed by atoms with Crippen LogP contribution in [0.25, 0.3) is 0 Å². The minimum Gasteiger partial charge on any atom is -0.490 e. The van der Waals surface area contributed by atoms with Crippen LogP contribution in [0.5, 0.6) is 5.75 Å². The summed E-state index contributed by atoms with van der Waals surface area (Å²) in [6.45, 7) is 8.51. The number of halogens is 2. The first-order valence-electron chi connectivity index (χ1n) is 12.3. The molecule has 196 valence electrons. The van der Waals surface area contributed by atoms with Crippen LogP contribution < -0.4 is 15.0 Å². The second-order valence-corrected chi connectivity index (χ2v) is 8.78. The highest BCUT2D eigenvalue weighted by Crippen LogP contribution is 2.36. The van der Waals surface area contributed by atoms with Gasteiger partial charge in [0, 0.05) is 75.4 Å². The molecule has 1 atom stereocenters. The number of carbonyl (C=O) groups is 1. The second kappa shape index (κ2) is 12.0. The molecule has 1 N–H and O–H groups in total. The van der Waals surface area contributed by atoms with Crippen LogP contribution in [0.4, 0.5) is 14.5 Å². The van der Waals surface area contributed by atoms with Gasteiger partial charge >= 0.3 is 0 Å². The van der Waals surface area contributed by atoms with Crippen LogP contribution in [0.2, 0.25) is 0 Å². The Bertz CT molecular complexity index is 1220. The Balaban J connectivity index is 1.46. The van der Waals surface area contributed by atoms with E-state index in [2.05, 4.69) is 31.8 Å². The van der Waals surface area contributed by atoms with E-state index in [9.17, 15) is 13.6 Å². The van der Waals surface area contributed by atoms with Crippen molar-refractivity contribution < 1.29 is 18.3 Å². The molecule has 1 saturated heterocycles. The standard InChI is InChI=1S/C26H31F2N7O2/c1-4-7-31-25(29-3)26-32-15-19-17(2)35(10-6-21(19)33-26)18-13-20(27)24(28)22(14-18)37-12-5-9-34-11-8-30-16-23(34)36/h4,7,13-15,17,30H,1,5-6,8-12,16H2,2-3H3/b29-25-,31-7-. The number of amides is 1. The average molecular weight is 512 g/mol. The number of piperazine rings is 1. The van der Waals surface area contributed by atoms with Crippen LogP contribution in [-0.2, 0) is 11.2 Å². The zero-order chi connectivity index (χ0) is 26.4. The molecule has 2 aromatic rings. The Hall–Kier alpha value is -3.73. The molecule has 37 heavy (non-hydrogen) atoms. The molecule has 0 saturated carbocycles. The van der Waals surface area contributed by atoms with Gasteiger partial charge < -0.3 is 19.9 Å². The summed E-state index contributed by atoms with van der Waals surface area (Å²) in [5.41, 5.74) is 2.27. The number of ether oxygens (including phenoxy) is 1. The van der Waals surface area contributed by atoms with E-state index < -0.39 is 11.6 Å². The van der Waals surface area contributed by atoms with Crippen molar-refractivity contribution in [1.29, 1.82) is 0 Å². The normalized spacial score (nSPS) is 18.3. The molecule has 1 unspecified atom stereocenters. The molecule has 3 heterocycles. The maximum absolute atomic E-state index is 14.6. The highest BCUT2D eigenvalue weighted by atomic mass is 19.2. The molecule has 1 aromatic heterocycles. The predicted molar refractivity (Wildman–Crippen MR) is 139 cm³/mol. The smallest absolute Gasteiger partial charge is 0.236 e. The van der Waals surface area contributed by atoms with Gasteiger partial charge in [0.2, 0.25) is 11.7 Å². The van der Waals surface area contributed by atoms with Crippen molar-refractivity contribution >= 4 is 23.6 Å². The van der Waals surface area contributed by atoms with E-state index in [1.54, 1.807) is 24.2 Å². The Labute approximate surface area is 215 Å². The number of aliphatic imine (C=N–C) groups is 2. The summed E-state index contributed by atoms with van der Waals surface area (Å²) in [4.78, 5) is 33.0. The fourth-order valence-electron chi connectivity index (χ4n) is 4.50. The third kappa shape index (κ3) is 5.99. The number of nitrogens with zero attached hydrogens (tertiary/aromatic N) is 6. The summed E-state index contributed by atoms with van der Waals surface area (Å²) in [6, 6.07) is 2.54. The minimum absolute atomic E-state index is 0.0311. The topological polar surface area (TPSA) is 95.3 Å². The summed E-state index contributed by atoms with van der Waals surface area (Å²) in [5, 5.41) is 3.02. The van der Waals surface area contributed by atoms with Crippen LogP contribution >= 0.6 is 0 Å². The van der Waals surface area contributed by atoms with Gasteiger partial charge in [-0.2, -0.15) is 4.39 Å². The number of anilines is 1. The molecule has 9 nitrogen and oxygen atoms in total. The zero-order valence-corrected chi connectivity index (χ0v) is 21.1. The van der Waals surface area contributed by atoms with E-state index in [0.29, 0.717) is 56.4 Å². The molecule has 2 aliphatic rings. The lowest BCUT2D eigenvalue weighted by atomic mass is 9.98. The second-order valence-electron chi connectivity index (χ2n) is 8.78. The SMILES string of the molecule is C=C/C=N\C(=N/C)c1ncc2c(n1)CCN(c1cc(F)c(F)c(OCCCN3CCNCC3=O)c1)C2C. The van der Waals surface area contributed by atoms with Gasteiger partial charge in [-0.3, -0.25) is 9.79 Å². The largest absolute Gasteiger partial charge is 0.490 e. The lowest BCUT2D eigenvalue weighted by molar-refractivity contribution is -0.132. The van der Waals surface area contributed by atoms with E-state index >= 15 is 0 Å². The Kier molecular flexibility index (Phi) is 8.54. The fourth-order valence-corrected chi connectivity index (χ4v) is 4.50. The molecule has 1 amide bonds. The van der Waals surface area contributed by atoms with Crippen molar-refractivity contribution in [2.24, 2.45) is 9.98 Å². The van der Waals surface area contributed by atoms with Gasteiger partial charge in [-0.15, -0.1) is 0 Å². The molecule has 1 aromatic carbocycles. The number of hydrogen-bond donors (Lipinski definition) is 1. The molecule has 0 spiro atoms. The monoisotopic (exact) mass is 511 g/mol. The molecule has 0 aliphatic carbocycles. The maximum atomic E-state index is 14.6. The number of fused-ring (bicyclic) bond motifs is 1. The summed E-state index contributed by atoms with van der Waals surface area (Å²) in [6.07, 6.45) is 5.92. The number of amidine groups is 1. The number of aromatic nitrogens is 2. The highest BCUT2D eigenvalue weighted by Gasteiger charge is 2.28. The van der Waals surface area contributed by atoms with Crippen LogP contribution in [0.3, 0.4) is 0 Å². The van der Waals surface area contributed by atoms with Crippen molar-refractivity contribution in [2.45, 2.75) is 25.8 Å². The molecular weight excluding hydrogens is 480 g/mol. The fraction of sp³-hybridized carbons (Fsp3) is 0.423. The summed E-state index contributed by atoms with van der Waals surface area (Å²) >= 11 is 0. The Morgan fingerprint density at radius 2 is 2.19 bits per heavy atom. The summed E-state index contributed by atoms with van der Waals surface area (Å²) in [7, 11) is 1.62.